The minimum Gasteiger partial charge on any atom is -0.351 e. The molecule has 0 aliphatic heterocycles. The Hall–Kier alpha value is -1.94. The quantitative estimate of drug-likeness (QED) is 0.891. The van der Waals surface area contributed by atoms with E-state index in [1.165, 1.54) is 6.07 Å². The number of benzene rings is 2. The second kappa shape index (κ2) is 6.44. The highest BCUT2D eigenvalue weighted by Crippen LogP contribution is 2.24. The molecule has 0 heterocycles. The van der Waals surface area contributed by atoms with Crippen LogP contribution in [0.1, 0.15) is 29.8 Å². The lowest BCUT2D eigenvalue weighted by Gasteiger charge is -2.25. The highest BCUT2D eigenvalue weighted by molar-refractivity contribution is 6.30. The molecule has 0 aliphatic carbocycles. The molecule has 0 aliphatic rings. The Kier molecular flexibility index (Phi) is 4.81. The fraction of sp³-hybridized carbons (Fsp3) is 0.235. The summed E-state index contributed by atoms with van der Waals surface area (Å²) in [6.07, 6.45) is 0. The lowest BCUT2D eigenvalue weighted by atomic mass is 9.84. The summed E-state index contributed by atoms with van der Waals surface area (Å²) in [6, 6.07) is 10.4. The molecule has 2 aromatic rings. The molecule has 0 atom stereocenters. The molecule has 0 aromatic heterocycles. The van der Waals surface area contributed by atoms with Gasteiger partial charge in [-0.1, -0.05) is 37.6 Å². The smallest absolute Gasteiger partial charge is 0.251 e. The normalized spacial score (nSPS) is 11.3. The van der Waals surface area contributed by atoms with Crippen molar-refractivity contribution in [1.82, 2.24) is 5.32 Å². The van der Waals surface area contributed by atoms with Crippen LogP contribution in [-0.4, -0.2) is 12.5 Å². The largest absolute Gasteiger partial charge is 0.351 e. The van der Waals surface area contributed by atoms with Crippen LogP contribution in [0.2, 0.25) is 5.02 Å². The fourth-order valence-corrected chi connectivity index (χ4v) is 2.17. The van der Waals surface area contributed by atoms with Gasteiger partial charge in [0.05, 0.1) is 0 Å². The van der Waals surface area contributed by atoms with Gasteiger partial charge < -0.3 is 5.32 Å². The standard InChI is InChI=1S/C17H16ClF2NO/c1-17(2,12-4-6-13(18)7-5-12)10-21-16(22)11-3-8-14(19)15(20)9-11/h3-9H,10H2,1-2H3,(H,21,22). The van der Waals surface area contributed by atoms with Crippen LogP contribution in [0, 0.1) is 11.6 Å². The van der Waals surface area contributed by atoms with Crippen LogP contribution >= 0.6 is 11.6 Å². The molecule has 22 heavy (non-hydrogen) atoms. The summed E-state index contributed by atoms with van der Waals surface area (Å²) in [5, 5.41) is 3.38. The highest BCUT2D eigenvalue weighted by atomic mass is 35.5. The van der Waals surface area contributed by atoms with Crippen molar-refractivity contribution in [2.75, 3.05) is 6.54 Å². The summed E-state index contributed by atoms with van der Waals surface area (Å²) >= 11 is 5.86. The predicted octanol–water partition coefficient (Wildman–Crippen LogP) is 4.33. The molecular formula is C17H16ClF2NO. The van der Waals surface area contributed by atoms with E-state index in [0.29, 0.717) is 11.6 Å². The van der Waals surface area contributed by atoms with Gasteiger partial charge in [0.25, 0.3) is 5.91 Å². The maximum absolute atomic E-state index is 13.1. The first kappa shape index (κ1) is 16.4. The molecule has 0 fully saturated rings. The molecule has 1 N–H and O–H groups in total. The minimum atomic E-state index is -1.04. The zero-order chi connectivity index (χ0) is 16.3. The van der Waals surface area contributed by atoms with Crippen LogP contribution in [0.3, 0.4) is 0 Å². The van der Waals surface area contributed by atoms with Crippen LogP contribution in [-0.2, 0) is 5.41 Å². The second-order valence-electron chi connectivity index (χ2n) is 5.70. The first-order valence-electron chi connectivity index (χ1n) is 6.79. The van der Waals surface area contributed by atoms with E-state index in [2.05, 4.69) is 5.32 Å². The van der Waals surface area contributed by atoms with Crippen molar-refractivity contribution in [1.29, 1.82) is 0 Å². The van der Waals surface area contributed by atoms with Crippen molar-refractivity contribution in [3.05, 3.63) is 70.2 Å². The Balaban J connectivity index is 2.06. The Bertz CT molecular complexity index is 684. The monoisotopic (exact) mass is 323 g/mol. The second-order valence-corrected chi connectivity index (χ2v) is 6.14. The van der Waals surface area contributed by atoms with Crippen molar-refractivity contribution in [2.24, 2.45) is 0 Å². The zero-order valence-electron chi connectivity index (χ0n) is 12.3. The maximum Gasteiger partial charge on any atom is 0.251 e. The van der Waals surface area contributed by atoms with Gasteiger partial charge in [0.1, 0.15) is 0 Å². The summed E-state index contributed by atoms with van der Waals surface area (Å²) in [5.74, 6) is -2.46. The molecule has 5 heteroatoms. The van der Waals surface area contributed by atoms with Gasteiger partial charge in [-0.25, -0.2) is 8.78 Å². The van der Waals surface area contributed by atoms with Crippen molar-refractivity contribution in [2.45, 2.75) is 19.3 Å². The molecule has 2 aromatic carbocycles. The molecular weight excluding hydrogens is 308 g/mol. The summed E-state index contributed by atoms with van der Waals surface area (Å²) in [5.41, 5.74) is 0.784. The van der Waals surface area contributed by atoms with Gasteiger partial charge in [-0.2, -0.15) is 0 Å². The molecule has 2 rings (SSSR count). The highest BCUT2D eigenvalue weighted by Gasteiger charge is 2.22. The summed E-state index contributed by atoms with van der Waals surface area (Å²) < 4.78 is 26.0. The average Bonchev–Trinajstić information content (AvgIpc) is 2.48. The lowest BCUT2D eigenvalue weighted by molar-refractivity contribution is 0.0945. The van der Waals surface area contributed by atoms with Crippen molar-refractivity contribution in [3.63, 3.8) is 0 Å². The predicted molar refractivity (Wildman–Crippen MR) is 83.2 cm³/mol. The minimum absolute atomic E-state index is 0.0887. The number of amides is 1. The zero-order valence-corrected chi connectivity index (χ0v) is 13.0. The molecule has 0 saturated heterocycles. The number of hydrogen-bond acceptors (Lipinski definition) is 1. The van der Waals surface area contributed by atoms with E-state index in [1.807, 2.05) is 26.0 Å². The Morgan fingerprint density at radius 3 is 2.32 bits per heavy atom. The van der Waals surface area contributed by atoms with Crippen LogP contribution in [0.4, 0.5) is 8.78 Å². The number of nitrogens with one attached hydrogen (secondary N) is 1. The van der Waals surface area contributed by atoms with E-state index in [-0.39, 0.29) is 11.0 Å². The number of carbonyl (C=O) groups is 1. The SMILES string of the molecule is CC(C)(CNC(=O)c1ccc(F)c(F)c1)c1ccc(Cl)cc1. The molecule has 0 radical (unpaired) electrons. The number of rotatable bonds is 4. The summed E-state index contributed by atoms with van der Waals surface area (Å²) in [7, 11) is 0. The van der Waals surface area contributed by atoms with Gasteiger partial charge in [-0.3, -0.25) is 4.79 Å². The van der Waals surface area contributed by atoms with Crippen molar-refractivity contribution in [3.8, 4) is 0 Å². The first-order valence-corrected chi connectivity index (χ1v) is 7.17. The Morgan fingerprint density at radius 1 is 1.09 bits per heavy atom. The van der Waals surface area contributed by atoms with E-state index in [0.717, 1.165) is 17.7 Å². The summed E-state index contributed by atoms with van der Waals surface area (Å²) in [6.45, 7) is 4.30. The van der Waals surface area contributed by atoms with Gasteiger partial charge >= 0.3 is 0 Å². The number of hydrogen-bond donors (Lipinski definition) is 1. The van der Waals surface area contributed by atoms with E-state index in [4.69, 9.17) is 11.6 Å². The van der Waals surface area contributed by atoms with Gasteiger partial charge in [-0.05, 0) is 35.9 Å². The molecule has 0 saturated carbocycles. The van der Waals surface area contributed by atoms with Gasteiger partial charge in [0.2, 0.25) is 0 Å². The van der Waals surface area contributed by atoms with Gasteiger partial charge in [0.15, 0.2) is 11.6 Å². The van der Waals surface area contributed by atoms with E-state index in [1.54, 1.807) is 12.1 Å². The van der Waals surface area contributed by atoms with Crippen LogP contribution in [0.15, 0.2) is 42.5 Å². The van der Waals surface area contributed by atoms with Crippen LogP contribution in [0.25, 0.3) is 0 Å². The molecule has 0 unspecified atom stereocenters. The van der Waals surface area contributed by atoms with Gasteiger partial charge in [0, 0.05) is 22.5 Å². The molecule has 116 valence electrons. The third-order valence-corrected chi connectivity index (χ3v) is 3.75. The van der Waals surface area contributed by atoms with Crippen LogP contribution < -0.4 is 5.32 Å². The van der Waals surface area contributed by atoms with E-state index < -0.39 is 17.5 Å². The van der Waals surface area contributed by atoms with E-state index >= 15 is 0 Å². The lowest BCUT2D eigenvalue weighted by Crippen LogP contribution is -2.36. The first-order chi connectivity index (χ1) is 10.3. The Labute approximate surface area is 133 Å². The maximum atomic E-state index is 13.1. The molecule has 1 amide bonds. The molecule has 0 bridgehead atoms. The topological polar surface area (TPSA) is 29.1 Å². The van der Waals surface area contributed by atoms with E-state index in [9.17, 15) is 13.6 Å². The third-order valence-electron chi connectivity index (χ3n) is 3.50. The number of carbonyl (C=O) groups excluding carboxylic acids is 1. The molecule has 0 spiro atoms. The van der Waals surface area contributed by atoms with Gasteiger partial charge in [-0.15, -0.1) is 0 Å². The number of halogens is 3. The average molecular weight is 324 g/mol. The van der Waals surface area contributed by atoms with Crippen molar-refractivity contribution >= 4 is 17.5 Å². The Morgan fingerprint density at radius 2 is 1.73 bits per heavy atom. The fourth-order valence-electron chi connectivity index (χ4n) is 2.04. The summed E-state index contributed by atoms with van der Waals surface area (Å²) in [4.78, 5) is 12.0. The third kappa shape index (κ3) is 3.83. The van der Waals surface area contributed by atoms with Crippen LogP contribution in [0.5, 0.6) is 0 Å². The molecule has 2 nitrogen and oxygen atoms in total. The van der Waals surface area contributed by atoms with Crippen molar-refractivity contribution < 1.29 is 13.6 Å².